The normalized spacial score (nSPS) is 19.6. The van der Waals surface area contributed by atoms with Crippen LogP contribution in [-0.2, 0) is 16.0 Å². The molecule has 1 atom stereocenters. The number of rotatable bonds is 4. The van der Waals surface area contributed by atoms with E-state index in [0.29, 0.717) is 13.1 Å². The Labute approximate surface area is 103 Å². The molecule has 1 unspecified atom stereocenters. The largest absolute Gasteiger partial charge is 0.506 e. The lowest BCUT2D eigenvalue weighted by Crippen LogP contribution is -2.28. The molecule has 92 valence electrons. The van der Waals surface area contributed by atoms with Crippen molar-refractivity contribution in [3.8, 4) is 0 Å². The Morgan fingerprint density at radius 2 is 2.47 bits per heavy atom. The second kappa shape index (κ2) is 5.18. The van der Waals surface area contributed by atoms with Gasteiger partial charge in [0.25, 0.3) is 0 Å². The van der Waals surface area contributed by atoms with Crippen molar-refractivity contribution >= 4 is 23.4 Å². The molecule has 1 aliphatic rings. The van der Waals surface area contributed by atoms with E-state index in [1.807, 2.05) is 17.5 Å². The maximum absolute atomic E-state index is 11.6. The van der Waals surface area contributed by atoms with Gasteiger partial charge in [-0.2, -0.15) is 0 Å². The third-order valence-electron chi connectivity index (χ3n) is 2.65. The predicted octanol–water partition coefficient (Wildman–Crippen LogP) is 1.59. The molecule has 0 spiro atoms. The van der Waals surface area contributed by atoms with E-state index in [-0.39, 0.29) is 12.3 Å². The second-order valence-electron chi connectivity index (χ2n) is 3.88. The molecular formula is C11H13NO4S. The van der Waals surface area contributed by atoms with Gasteiger partial charge in [-0.25, -0.2) is 4.79 Å². The van der Waals surface area contributed by atoms with Gasteiger partial charge in [0.15, 0.2) is 0 Å². The van der Waals surface area contributed by atoms with Crippen LogP contribution in [0.5, 0.6) is 0 Å². The minimum absolute atomic E-state index is 0.0344. The number of likely N-dealkylation sites (tertiary alicyclic amines) is 1. The van der Waals surface area contributed by atoms with Gasteiger partial charge < -0.3 is 14.7 Å². The molecule has 1 aromatic rings. The van der Waals surface area contributed by atoms with Gasteiger partial charge in [0.1, 0.15) is 6.10 Å². The lowest BCUT2D eigenvalue weighted by atomic mass is 10.3. The number of hydrogen-bond acceptors (Lipinski definition) is 4. The summed E-state index contributed by atoms with van der Waals surface area (Å²) in [7, 11) is 0. The third kappa shape index (κ3) is 3.20. The molecule has 2 heterocycles. The molecule has 0 aromatic carbocycles. The van der Waals surface area contributed by atoms with Crippen LogP contribution in [0.2, 0.25) is 0 Å². The summed E-state index contributed by atoms with van der Waals surface area (Å²) in [5, 5.41) is 10.5. The summed E-state index contributed by atoms with van der Waals surface area (Å²) in [6.07, 6.45) is -0.855. The van der Waals surface area contributed by atoms with Crippen LogP contribution < -0.4 is 0 Å². The summed E-state index contributed by atoms with van der Waals surface area (Å²) in [6.45, 7) is 0.995. The molecule has 1 N–H and O–H groups in total. The number of nitrogens with zero attached hydrogens (tertiary/aromatic N) is 1. The van der Waals surface area contributed by atoms with Crippen LogP contribution in [0.25, 0.3) is 0 Å². The fraction of sp³-hybridized carbons (Fsp3) is 0.455. The topological polar surface area (TPSA) is 66.8 Å². The number of carbonyl (C=O) groups is 2. The summed E-state index contributed by atoms with van der Waals surface area (Å²) < 4.78 is 4.61. The molecule has 5 nitrogen and oxygen atoms in total. The van der Waals surface area contributed by atoms with Crippen LogP contribution >= 0.6 is 11.3 Å². The van der Waals surface area contributed by atoms with Gasteiger partial charge in [0.05, 0.1) is 13.0 Å². The van der Waals surface area contributed by atoms with Crippen LogP contribution in [0.4, 0.5) is 4.79 Å². The van der Waals surface area contributed by atoms with E-state index < -0.39 is 12.3 Å². The molecule has 0 radical (unpaired) electrons. The highest BCUT2D eigenvalue weighted by molar-refractivity contribution is 7.09. The van der Waals surface area contributed by atoms with Crippen molar-refractivity contribution in [3.63, 3.8) is 0 Å². The molecule has 0 saturated carbocycles. The third-order valence-corrected chi connectivity index (χ3v) is 3.59. The zero-order chi connectivity index (χ0) is 12.3. The minimum atomic E-state index is -1.32. The van der Waals surface area contributed by atoms with Crippen molar-refractivity contribution in [3.05, 3.63) is 22.4 Å². The predicted molar refractivity (Wildman–Crippen MR) is 62.1 cm³/mol. The summed E-state index contributed by atoms with van der Waals surface area (Å²) in [6, 6.07) is 4.00. The van der Waals surface area contributed by atoms with Gasteiger partial charge >= 0.3 is 6.16 Å². The van der Waals surface area contributed by atoms with Crippen molar-refractivity contribution < 1.29 is 19.4 Å². The molecule has 6 heteroatoms. The lowest BCUT2D eigenvalue weighted by Gasteiger charge is -2.15. The van der Waals surface area contributed by atoms with Crippen LogP contribution in [0.3, 0.4) is 0 Å². The minimum Gasteiger partial charge on any atom is -0.450 e. The van der Waals surface area contributed by atoms with Gasteiger partial charge in [-0.1, -0.05) is 6.07 Å². The van der Waals surface area contributed by atoms with Crippen LogP contribution in [0, 0.1) is 0 Å². The first kappa shape index (κ1) is 11.9. The fourth-order valence-electron chi connectivity index (χ4n) is 1.87. The molecule has 2 rings (SSSR count). The van der Waals surface area contributed by atoms with Gasteiger partial charge in [-0.3, -0.25) is 4.79 Å². The highest BCUT2D eigenvalue weighted by Gasteiger charge is 2.31. The number of thiophene rings is 1. The van der Waals surface area contributed by atoms with Crippen molar-refractivity contribution in [2.45, 2.75) is 18.9 Å². The SMILES string of the molecule is O=C(O)OC1CC(=O)N(CCc2cccs2)C1. The first-order valence-corrected chi connectivity index (χ1v) is 6.23. The molecule has 1 aromatic heterocycles. The Bertz CT molecular complexity index is 404. The van der Waals surface area contributed by atoms with Gasteiger partial charge in [0.2, 0.25) is 5.91 Å². The number of ether oxygens (including phenoxy) is 1. The van der Waals surface area contributed by atoms with Gasteiger partial charge in [0, 0.05) is 11.4 Å². The highest BCUT2D eigenvalue weighted by atomic mass is 32.1. The molecule has 1 fully saturated rings. The molecule has 0 bridgehead atoms. The summed E-state index contributed by atoms with van der Waals surface area (Å²) in [5.41, 5.74) is 0. The Morgan fingerprint density at radius 3 is 3.12 bits per heavy atom. The van der Waals surface area contributed by atoms with E-state index in [2.05, 4.69) is 4.74 Å². The quantitative estimate of drug-likeness (QED) is 0.830. The van der Waals surface area contributed by atoms with E-state index in [1.165, 1.54) is 4.88 Å². The Kier molecular flexibility index (Phi) is 3.63. The molecule has 17 heavy (non-hydrogen) atoms. The highest BCUT2D eigenvalue weighted by Crippen LogP contribution is 2.16. The summed E-state index contributed by atoms with van der Waals surface area (Å²) >= 11 is 1.66. The van der Waals surface area contributed by atoms with Crippen molar-refractivity contribution in [2.24, 2.45) is 0 Å². The van der Waals surface area contributed by atoms with E-state index in [0.717, 1.165) is 6.42 Å². The van der Waals surface area contributed by atoms with Crippen LogP contribution in [-0.4, -0.2) is 41.3 Å². The van der Waals surface area contributed by atoms with Gasteiger partial charge in [-0.05, 0) is 17.9 Å². The maximum atomic E-state index is 11.6. The average molecular weight is 255 g/mol. The van der Waals surface area contributed by atoms with E-state index in [4.69, 9.17) is 5.11 Å². The van der Waals surface area contributed by atoms with Gasteiger partial charge in [-0.15, -0.1) is 11.3 Å². The maximum Gasteiger partial charge on any atom is 0.506 e. The number of carboxylic acid groups (broad SMARTS) is 1. The molecular weight excluding hydrogens is 242 g/mol. The Morgan fingerprint density at radius 1 is 1.65 bits per heavy atom. The number of hydrogen-bond donors (Lipinski definition) is 1. The zero-order valence-electron chi connectivity index (χ0n) is 9.17. The summed E-state index contributed by atoms with van der Waals surface area (Å²) in [5.74, 6) is -0.0344. The average Bonchev–Trinajstić information content (AvgIpc) is 2.84. The summed E-state index contributed by atoms with van der Waals surface area (Å²) in [4.78, 5) is 24.8. The standard InChI is InChI=1S/C11H13NO4S/c13-10-6-8(16-11(14)15)7-12(10)4-3-9-2-1-5-17-9/h1-2,5,8H,3-4,6-7H2,(H,14,15). The first-order chi connectivity index (χ1) is 8.15. The van der Waals surface area contributed by atoms with Crippen LogP contribution in [0.15, 0.2) is 17.5 Å². The molecule has 1 amide bonds. The van der Waals surface area contributed by atoms with Crippen LogP contribution in [0.1, 0.15) is 11.3 Å². The second-order valence-corrected chi connectivity index (χ2v) is 4.91. The lowest BCUT2D eigenvalue weighted by molar-refractivity contribution is -0.127. The monoisotopic (exact) mass is 255 g/mol. The zero-order valence-corrected chi connectivity index (χ0v) is 9.98. The smallest absolute Gasteiger partial charge is 0.450 e. The van der Waals surface area contributed by atoms with Crippen molar-refractivity contribution in [1.82, 2.24) is 4.90 Å². The molecule has 1 saturated heterocycles. The number of amides is 1. The van der Waals surface area contributed by atoms with E-state index >= 15 is 0 Å². The van der Waals surface area contributed by atoms with E-state index in [1.54, 1.807) is 16.2 Å². The Hall–Kier alpha value is -1.56. The molecule has 0 aliphatic carbocycles. The van der Waals surface area contributed by atoms with Crippen molar-refractivity contribution in [2.75, 3.05) is 13.1 Å². The number of carbonyl (C=O) groups excluding carboxylic acids is 1. The van der Waals surface area contributed by atoms with Crippen molar-refractivity contribution in [1.29, 1.82) is 0 Å². The van der Waals surface area contributed by atoms with E-state index in [9.17, 15) is 9.59 Å². The Balaban J connectivity index is 1.82. The fourth-order valence-corrected chi connectivity index (χ4v) is 2.57. The first-order valence-electron chi connectivity index (χ1n) is 5.35. The molecule has 1 aliphatic heterocycles.